The van der Waals surface area contributed by atoms with Gasteiger partial charge in [0.25, 0.3) is 0 Å². The molecule has 0 amide bonds. The van der Waals surface area contributed by atoms with Crippen LogP contribution < -0.4 is 0 Å². The van der Waals surface area contributed by atoms with Gasteiger partial charge < -0.3 is 14.7 Å². The number of carbonyl (C=O) groups is 2. The molecule has 5 nitrogen and oxygen atoms in total. The van der Waals surface area contributed by atoms with E-state index in [0.717, 1.165) is 0 Å². The van der Waals surface area contributed by atoms with Crippen LogP contribution in [0.5, 0.6) is 0 Å². The van der Waals surface area contributed by atoms with Crippen molar-refractivity contribution in [3.63, 3.8) is 0 Å². The van der Waals surface area contributed by atoms with Crippen molar-refractivity contribution in [1.29, 1.82) is 0 Å². The maximum absolute atomic E-state index is 10.7. The summed E-state index contributed by atoms with van der Waals surface area (Å²) < 4.78 is 4.48. The first-order valence-corrected chi connectivity index (χ1v) is 4.53. The molecule has 90 valence electrons. The van der Waals surface area contributed by atoms with Crippen LogP contribution in [0.1, 0.15) is 19.3 Å². The first-order chi connectivity index (χ1) is 6.56. The summed E-state index contributed by atoms with van der Waals surface area (Å²) in [5.74, 6) is -1.03. The molecule has 0 unspecified atom stereocenters. The molecule has 0 bridgehead atoms. The number of ether oxygens (including phenoxy) is 1. The van der Waals surface area contributed by atoms with E-state index in [1.807, 2.05) is 11.9 Å². The molecule has 0 fully saturated rings. The smallest absolute Gasteiger partial charge is 0.305 e. The lowest BCUT2D eigenvalue weighted by Gasteiger charge is -2.14. The van der Waals surface area contributed by atoms with E-state index in [1.165, 1.54) is 7.11 Å². The number of hydrogen-bond acceptors (Lipinski definition) is 4. The first-order valence-electron chi connectivity index (χ1n) is 4.53. The number of methoxy groups -OCH3 is 1. The van der Waals surface area contributed by atoms with Gasteiger partial charge in [0, 0.05) is 13.0 Å². The Labute approximate surface area is 95.8 Å². The van der Waals surface area contributed by atoms with Gasteiger partial charge in [0.1, 0.15) is 0 Å². The molecule has 0 aliphatic carbocycles. The van der Waals surface area contributed by atoms with Gasteiger partial charge in [-0.3, -0.25) is 9.59 Å². The molecule has 0 aromatic rings. The third-order valence-electron chi connectivity index (χ3n) is 1.86. The summed E-state index contributed by atoms with van der Waals surface area (Å²) in [6.07, 6.45) is 1.21. The number of hydrogen-bond donors (Lipinski definition) is 1. The Morgan fingerprint density at radius 2 is 1.87 bits per heavy atom. The van der Waals surface area contributed by atoms with E-state index in [1.54, 1.807) is 0 Å². The second-order valence-electron chi connectivity index (χ2n) is 3.13. The number of nitrogens with zero attached hydrogens (tertiary/aromatic N) is 1. The van der Waals surface area contributed by atoms with Crippen molar-refractivity contribution in [3.05, 3.63) is 0 Å². The third kappa shape index (κ3) is 11.1. The van der Waals surface area contributed by atoms with Gasteiger partial charge in [-0.1, -0.05) is 0 Å². The summed E-state index contributed by atoms with van der Waals surface area (Å²) in [7, 11) is 3.19. The molecule has 0 saturated carbocycles. The third-order valence-corrected chi connectivity index (χ3v) is 1.86. The SMILES string of the molecule is COC(=O)CCCN(C)CCC(=O)O.Cl. The van der Waals surface area contributed by atoms with Crippen molar-refractivity contribution in [2.24, 2.45) is 0 Å². The lowest BCUT2D eigenvalue weighted by molar-refractivity contribution is -0.141. The molecule has 0 saturated heterocycles. The van der Waals surface area contributed by atoms with Gasteiger partial charge in [0.2, 0.25) is 0 Å². The highest BCUT2D eigenvalue weighted by Gasteiger charge is 2.04. The van der Waals surface area contributed by atoms with Crippen LogP contribution in [-0.4, -0.2) is 49.2 Å². The normalized spacial score (nSPS) is 9.53. The highest BCUT2D eigenvalue weighted by atomic mass is 35.5. The fraction of sp³-hybridized carbons (Fsp3) is 0.778. The highest BCUT2D eigenvalue weighted by Crippen LogP contribution is 1.95. The van der Waals surface area contributed by atoms with E-state index in [9.17, 15) is 9.59 Å². The first kappa shape index (κ1) is 16.6. The molecule has 1 N–H and O–H groups in total. The fourth-order valence-corrected chi connectivity index (χ4v) is 0.994. The van der Waals surface area contributed by atoms with Crippen LogP contribution in [0.25, 0.3) is 0 Å². The minimum Gasteiger partial charge on any atom is -0.481 e. The molecule has 0 radical (unpaired) electrons. The molecule has 0 atom stereocenters. The summed E-state index contributed by atoms with van der Waals surface area (Å²) in [4.78, 5) is 22.8. The number of halogens is 1. The van der Waals surface area contributed by atoms with Crippen LogP contribution in [0.4, 0.5) is 0 Å². The second kappa shape index (κ2) is 9.73. The van der Waals surface area contributed by atoms with Crippen molar-refractivity contribution in [1.82, 2.24) is 4.90 Å². The van der Waals surface area contributed by atoms with Crippen molar-refractivity contribution < 1.29 is 19.4 Å². The number of esters is 1. The minimum atomic E-state index is -0.801. The molecule has 6 heteroatoms. The molecule has 0 heterocycles. The van der Waals surface area contributed by atoms with Gasteiger partial charge in [0.15, 0.2) is 0 Å². The number of rotatable bonds is 7. The van der Waals surface area contributed by atoms with Crippen LogP contribution in [0.15, 0.2) is 0 Å². The summed E-state index contributed by atoms with van der Waals surface area (Å²) in [5.41, 5.74) is 0. The highest BCUT2D eigenvalue weighted by molar-refractivity contribution is 5.85. The molecule has 0 aliphatic rings. The largest absolute Gasteiger partial charge is 0.481 e. The Balaban J connectivity index is 0. The average molecular weight is 240 g/mol. The Kier molecular flexibility index (Phi) is 10.8. The van der Waals surface area contributed by atoms with Crippen LogP contribution in [0, 0.1) is 0 Å². The molecule has 15 heavy (non-hydrogen) atoms. The van der Waals surface area contributed by atoms with Gasteiger partial charge in [0.05, 0.1) is 13.5 Å². The number of aliphatic carboxylic acids is 1. The van der Waals surface area contributed by atoms with Crippen LogP contribution in [0.3, 0.4) is 0 Å². The number of carboxylic acids is 1. The zero-order valence-corrected chi connectivity index (χ0v) is 9.88. The number of carbonyl (C=O) groups excluding carboxylic acids is 1. The summed E-state index contributed by atoms with van der Waals surface area (Å²) in [6, 6.07) is 0. The van der Waals surface area contributed by atoms with E-state index in [-0.39, 0.29) is 24.8 Å². The summed E-state index contributed by atoms with van der Waals surface area (Å²) >= 11 is 0. The van der Waals surface area contributed by atoms with E-state index in [0.29, 0.717) is 25.9 Å². The summed E-state index contributed by atoms with van der Waals surface area (Å²) in [6.45, 7) is 1.22. The molecule has 0 aromatic heterocycles. The maximum Gasteiger partial charge on any atom is 0.305 e. The van der Waals surface area contributed by atoms with Crippen LogP contribution in [-0.2, 0) is 14.3 Å². The van der Waals surface area contributed by atoms with Gasteiger partial charge in [-0.05, 0) is 20.0 Å². The van der Waals surface area contributed by atoms with Crippen molar-refractivity contribution in [2.45, 2.75) is 19.3 Å². The maximum atomic E-state index is 10.7. The van der Waals surface area contributed by atoms with Crippen LogP contribution in [0.2, 0.25) is 0 Å². The van der Waals surface area contributed by atoms with E-state index >= 15 is 0 Å². The Morgan fingerprint density at radius 1 is 1.27 bits per heavy atom. The zero-order valence-electron chi connectivity index (χ0n) is 9.06. The minimum absolute atomic E-state index is 0. The van der Waals surface area contributed by atoms with E-state index in [4.69, 9.17) is 5.11 Å². The van der Waals surface area contributed by atoms with E-state index in [2.05, 4.69) is 4.74 Å². The second-order valence-corrected chi connectivity index (χ2v) is 3.13. The lowest BCUT2D eigenvalue weighted by atomic mass is 10.3. The van der Waals surface area contributed by atoms with Crippen molar-refractivity contribution >= 4 is 24.3 Å². The molecular weight excluding hydrogens is 222 g/mol. The van der Waals surface area contributed by atoms with Gasteiger partial charge in [-0.15, -0.1) is 12.4 Å². The van der Waals surface area contributed by atoms with Crippen molar-refractivity contribution in [3.8, 4) is 0 Å². The van der Waals surface area contributed by atoms with Crippen LogP contribution >= 0.6 is 12.4 Å². The lowest BCUT2D eigenvalue weighted by Crippen LogP contribution is -2.23. The van der Waals surface area contributed by atoms with Gasteiger partial charge in [-0.25, -0.2) is 0 Å². The molecule has 0 aliphatic heterocycles. The average Bonchev–Trinajstić information content (AvgIpc) is 2.14. The monoisotopic (exact) mass is 239 g/mol. The Hall–Kier alpha value is -0.810. The van der Waals surface area contributed by atoms with Gasteiger partial charge in [-0.2, -0.15) is 0 Å². The number of carboxylic acid groups (broad SMARTS) is 1. The fourth-order valence-electron chi connectivity index (χ4n) is 0.994. The topological polar surface area (TPSA) is 66.8 Å². The molecule has 0 aromatic carbocycles. The molecule has 0 rings (SSSR count). The Bertz CT molecular complexity index is 199. The Morgan fingerprint density at radius 3 is 2.33 bits per heavy atom. The van der Waals surface area contributed by atoms with Crippen molar-refractivity contribution in [2.75, 3.05) is 27.2 Å². The summed E-state index contributed by atoms with van der Waals surface area (Å²) in [5, 5.41) is 8.41. The predicted molar refractivity (Wildman–Crippen MR) is 58.2 cm³/mol. The van der Waals surface area contributed by atoms with E-state index < -0.39 is 5.97 Å². The predicted octanol–water partition coefficient (Wildman–Crippen LogP) is 0.768. The zero-order chi connectivity index (χ0) is 11.0. The quantitative estimate of drug-likeness (QED) is 0.665. The standard InChI is InChI=1S/C9H17NO4.ClH/c1-10(7-5-8(11)12)6-3-4-9(13)14-2;/h3-7H2,1-2H3,(H,11,12);1H. The molecule has 0 spiro atoms. The van der Waals surface area contributed by atoms with Gasteiger partial charge >= 0.3 is 11.9 Å². The molecular formula is C9H18ClNO4.